The maximum Gasteiger partial charge on any atom is 0.233 e. The van der Waals surface area contributed by atoms with Crippen LogP contribution in [0.4, 0.5) is 5.69 Å². The Morgan fingerprint density at radius 1 is 1.07 bits per heavy atom. The monoisotopic (exact) mass is 366 g/mol. The largest absolute Gasteiger partial charge is 0.497 e. The van der Waals surface area contributed by atoms with E-state index in [1.807, 2.05) is 11.0 Å². The molecule has 142 valence electrons. The van der Waals surface area contributed by atoms with Gasteiger partial charge in [0.15, 0.2) is 0 Å². The molecule has 1 N–H and O–H groups in total. The number of carbonyl (C=O) groups is 2. The summed E-state index contributed by atoms with van der Waals surface area (Å²) in [6, 6.07) is 17.6. The summed E-state index contributed by atoms with van der Waals surface area (Å²) in [6.45, 7) is 1.45. The fraction of sp³-hybridized carbons (Fsp3) is 0.364. The van der Waals surface area contributed by atoms with Crippen molar-refractivity contribution < 1.29 is 14.3 Å². The molecule has 1 heterocycles. The number of benzene rings is 2. The molecule has 1 saturated heterocycles. The molecule has 0 unspecified atom stereocenters. The molecule has 0 saturated carbocycles. The van der Waals surface area contributed by atoms with Crippen molar-refractivity contribution >= 4 is 17.5 Å². The summed E-state index contributed by atoms with van der Waals surface area (Å²) in [5, 5.41) is 2.76. The van der Waals surface area contributed by atoms with Gasteiger partial charge >= 0.3 is 0 Å². The molecule has 0 spiro atoms. The molecule has 0 aliphatic carbocycles. The third-order valence-electron chi connectivity index (χ3n) is 5.00. The zero-order valence-electron chi connectivity index (χ0n) is 15.7. The predicted molar refractivity (Wildman–Crippen MR) is 106 cm³/mol. The lowest BCUT2D eigenvalue weighted by Gasteiger charge is -2.32. The number of anilines is 1. The first-order valence-electron chi connectivity index (χ1n) is 9.39. The average molecular weight is 366 g/mol. The average Bonchev–Trinajstić information content (AvgIpc) is 2.69. The lowest BCUT2D eigenvalue weighted by Crippen LogP contribution is -2.40. The van der Waals surface area contributed by atoms with E-state index in [9.17, 15) is 9.59 Å². The van der Waals surface area contributed by atoms with Gasteiger partial charge in [-0.25, -0.2) is 0 Å². The number of likely N-dealkylation sites (tertiary alicyclic amines) is 1. The van der Waals surface area contributed by atoms with Crippen molar-refractivity contribution in [2.75, 3.05) is 25.5 Å². The lowest BCUT2D eigenvalue weighted by molar-refractivity contribution is -0.135. The maximum atomic E-state index is 12.4. The van der Waals surface area contributed by atoms with Crippen LogP contribution >= 0.6 is 0 Å². The molecule has 1 aliphatic rings. The van der Waals surface area contributed by atoms with E-state index in [2.05, 4.69) is 29.6 Å². The van der Waals surface area contributed by atoms with Crippen molar-refractivity contribution in [1.29, 1.82) is 0 Å². The molecular weight excluding hydrogens is 340 g/mol. The normalized spacial score (nSPS) is 14.6. The van der Waals surface area contributed by atoms with Gasteiger partial charge in [0.25, 0.3) is 0 Å². The minimum absolute atomic E-state index is 0.103. The number of methoxy groups -OCH3 is 1. The van der Waals surface area contributed by atoms with Crippen molar-refractivity contribution in [1.82, 2.24) is 4.90 Å². The minimum Gasteiger partial charge on any atom is -0.497 e. The summed E-state index contributed by atoms with van der Waals surface area (Å²) in [5.74, 6) is 0.870. The zero-order valence-corrected chi connectivity index (χ0v) is 15.7. The van der Waals surface area contributed by atoms with Crippen LogP contribution in [0.25, 0.3) is 0 Å². The first kappa shape index (κ1) is 19.0. The van der Waals surface area contributed by atoms with Gasteiger partial charge in [0, 0.05) is 24.8 Å². The molecule has 1 aliphatic heterocycles. The van der Waals surface area contributed by atoms with Crippen LogP contribution in [0.3, 0.4) is 0 Å². The van der Waals surface area contributed by atoms with Crippen molar-refractivity contribution in [3.05, 3.63) is 60.2 Å². The van der Waals surface area contributed by atoms with Crippen molar-refractivity contribution in [2.45, 2.75) is 25.7 Å². The smallest absolute Gasteiger partial charge is 0.233 e. The van der Waals surface area contributed by atoms with Crippen LogP contribution in [0, 0.1) is 5.92 Å². The number of nitrogens with zero attached hydrogens (tertiary/aromatic N) is 1. The van der Waals surface area contributed by atoms with E-state index < -0.39 is 0 Å². The Morgan fingerprint density at radius 2 is 1.81 bits per heavy atom. The molecule has 1 fully saturated rings. The third-order valence-corrected chi connectivity index (χ3v) is 5.00. The van der Waals surface area contributed by atoms with Crippen LogP contribution in [0.1, 0.15) is 24.8 Å². The van der Waals surface area contributed by atoms with E-state index in [-0.39, 0.29) is 18.2 Å². The molecular formula is C22H26N2O3. The zero-order chi connectivity index (χ0) is 19.1. The highest BCUT2D eigenvalue weighted by atomic mass is 16.5. The standard InChI is InChI=1S/C22H26N2O3/c1-27-20-9-5-8-19(15-20)23-21(25)16-22(26)24-12-10-18(11-13-24)14-17-6-3-2-4-7-17/h2-9,15,18H,10-14,16H2,1H3,(H,23,25). The van der Waals surface area contributed by atoms with Gasteiger partial charge in [-0.05, 0) is 42.9 Å². The topological polar surface area (TPSA) is 58.6 Å². The summed E-state index contributed by atoms with van der Waals surface area (Å²) in [6.07, 6.45) is 2.90. The number of ether oxygens (including phenoxy) is 1. The van der Waals surface area contributed by atoms with Gasteiger partial charge in [-0.15, -0.1) is 0 Å². The van der Waals surface area contributed by atoms with E-state index in [0.717, 1.165) is 32.4 Å². The summed E-state index contributed by atoms with van der Waals surface area (Å²) in [5.41, 5.74) is 1.98. The van der Waals surface area contributed by atoms with E-state index in [0.29, 0.717) is 17.4 Å². The lowest BCUT2D eigenvalue weighted by atomic mass is 9.90. The number of amides is 2. The van der Waals surface area contributed by atoms with Crippen molar-refractivity contribution in [3.8, 4) is 5.75 Å². The summed E-state index contributed by atoms with van der Waals surface area (Å²) < 4.78 is 5.14. The first-order valence-corrected chi connectivity index (χ1v) is 9.39. The Hall–Kier alpha value is -2.82. The van der Waals surface area contributed by atoms with E-state index in [1.54, 1.807) is 31.4 Å². The van der Waals surface area contributed by atoms with Crippen LogP contribution in [-0.4, -0.2) is 36.9 Å². The molecule has 5 nitrogen and oxygen atoms in total. The number of hydrogen-bond donors (Lipinski definition) is 1. The van der Waals surface area contributed by atoms with Gasteiger partial charge in [-0.3, -0.25) is 9.59 Å². The van der Waals surface area contributed by atoms with Gasteiger partial charge in [-0.2, -0.15) is 0 Å². The molecule has 5 heteroatoms. The van der Waals surface area contributed by atoms with Gasteiger partial charge < -0.3 is 15.0 Å². The molecule has 0 atom stereocenters. The summed E-state index contributed by atoms with van der Waals surface area (Å²) in [7, 11) is 1.58. The Bertz CT molecular complexity index is 768. The van der Waals surface area contributed by atoms with E-state index >= 15 is 0 Å². The van der Waals surface area contributed by atoms with Gasteiger partial charge in [0.2, 0.25) is 11.8 Å². The van der Waals surface area contributed by atoms with Crippen LogP contribution in [0.2, 0.25) is 0 Å². The second-order valence-electron chi connectivity index (χ2n) is 6.97. The highest BCUT2D eigenvalue weighted by molar-refractivity contribution is 6.03. The van der Waals surface area contributed by atoms with E-state index in [1.165, 1.54) is 5.56 Å². The summed E-state index contributed by atoms with van der Waals surface area (Å²) >= 11 is 0. The maximum absolute atomic E-state index is 12.4. The predicted octanol–water partition coefficient (Wildman–Crippen LogP) is 3.51. The molecule has 27 heavy (non-hydrogen) atoms. The first-order chi connectivity index (χ1) is 13.1. The number of piperidine rings is 1. The SMILES string of the molecule is COc1cccc(NC(=O)CC(=O)N2CCC(Cc3ccccc3)CC2)c1. The van der Waals surface area contributed by atoms with Crippen LogP contribution in [-0.2, 0) is 16.0 Å². The van der Waals surface area contributed by atoms with Gasteiger partial charge in [0.05, 0.1) is 7.11 Å². The fourth-order valence-corrected chi connectivity index (χ4v) is 3.49. The second kappa shape index (κ2) is 9.21. The van der Waals surface area contributed by atoms with Gasteiger partial charge in [0.1, 0.15) is 12.2 Å². The number of hydrogen-bond acceptors (Lipinski definition) is 3. The Labute approximate surface area is 160 Å². The van der Waals surface area contributed by atoms with Gasteiger partial charge in [-0.1, -0.05) is 36.4 Å². The van der Waals surface area contributed by atoms with Crippen LogP contribution < -0.4 is 10.1 Å². The quantitative estimate of drug-likeness (QED) is 0.796. The summed E-state index contributed by atoms with van der Waals surface area (Å²) in [4.78, 5) is 26.4. The molecule has 0 aromatic heterocycles. The number of carbonyl (C=O) groups excluding carboxylic acids is 2. The Kier molecular flexibility index (Phi) is 6.47. The molecule has 2 aromatic carbocycles. The highest BCUT2D eigenvalue weighted by Crippen LogP contribution is 2.22. The fourth-order valence-electron chi connectivity index (χ4n) is 3.49. The van der Waals surface area contributed by atoms with Crippen LogP contribution in [0.5, 0.6) is 5.75 Å². The van der Waals surface area contributed by atoms with Crippen LogP contribution in [0.15, 0.2) is 54.6 Å². The molecule has 3 rings (SSSR count). The number of rotatable bonds is 6. The Morgan fingerprint density at radius 3 is 2.52 bits per heavy atom. The number of nitrogens with one attached hydrogen (secondary N) is 1. The van der Waals surface area contributed by atoms with Crippen molar-refractivity contribution in [3.63, 3.8) is 0 Å². The molecule has 0 radical (unpaired) electrons. The second-order valence-corrected chi connectivity index (χ2v) is 6.97. The third kappa shape index (κ3) is 5.58. The molecule has 0 bridgehead atoms. The molecule has 2 amide bonds. The molecule has 2 aromatic rings. The van der Waals surface area contributed by atoms with Crippen molar-refractivity contribution in [2.24, 2.45) is 5.92 Å². The Balaban J connectivity index is 1.44. The highest BCUT2D eigenvalue weighted by Gasteiger charge is 2.24. The van der Waals surface area contributed by atoms with E-state index in [4.69, 9.17) is 4.74 Å². The minimum atomic E-state index is -0.292.